The summed E-state index contributed by atoms with van der Waals surface area (Å²) in [5.74, 6) is 0.818. The van der Waals surface area contributed by atoms with Crippen molar-refractivity contribution in [2.75, 3.05) is 11.5 Å². The minimum atomic E-state index is 0.401. The number of nitrogen functional groups attached to an aromatic ring is 2. The fraction of sp³-hybridized carbons (Fsp3) is 0.0909. The molecule has 2 heterocycles. The molecule has 0 atom stereocenters. The lowest BCUT2D eigenvalue weighted by Gasteiger charge is -2.01. The second kappa shape index (κ2) is 7.65. The fourth-order valence-electron chi connectivity index (χ4n) is 1.05. The van der Waals surface area contributed by atoms with E-state index in [1.165, 1.54) is 0 Å². The molecule has 9 heteroatoms. The standard InChI is InChI=1S/C7H8BrN3.C4H3Br2N3/c1-4(2)6-7(9)10-3-5(8)11-6;5-2-1-8-4(7)3(6)9-2/h3H,1H2,2H3,(H2,9,10);1H,(H2,7,8). The van der Waals surface area contributed by atoms with Crippen LogP contribution in [0.3, 0.4) is 0 Å². The molecule has 0 radical (unpaired) electrons. The molecule has 2 rings (SSSR count). The Balaban J connectivity index is 0.000000204. The minimum Gasteiger partial charge on any atom is -0.382 e. The zero-order valence-electron chi connectivity index (χ0n) is 10.4. The van der Waals surface area contributed by atoms with Crippen LogP contribution in [0.2, 0.25) is 0 Å². The van der Waals surface area contributed by atoms with Gasteiger partial charge in [-0.25, -0.2) is 19.9 Å². The third kappa shape index (κ3) is 5.14. The normalized spacial score (nSPS) is 9.60. The Morgan fingerprint density at radius 3 is 1.90 bits per heavy atom. The average Bonchev–Trinajstić information content (AvgIpc) is 2.38. The van der Waals surface area contributed by atoms with Gasteiger partial charge in [0.05, 0.1) is 12.4 Å². The molecule has 0 saturated heterocycles. The van der Waals surface area contributed by atoms with Crippen LogP contribution < -0.4 is 11.5 Å². The number of anilines is 2. The molecule has 0 aliphatic carbocycles. The van der Waals surface area contributed by atoms with Crippen LogP contribution in [0.25, 0.3) is 5.57 Å². The zero-order chi connectivity index (χ0) is 15.3. The maximum atomic E-state index is 5.54. The Labute approximate surface area is 141 Å². The average molecular weight is 467 g/mol. The quantitative estimate of drug-likeness (QED) is 0.667. The van der Waals surface area contributed by atoms with Crippen molar-refractivity contribution in [2.45, 2.75) is 6.92 Å². The van der Waals surface area contributed by atoms with Crippen LogP contribution in [0.4, 0.5) is 11.6 Å². The second-order valence-corrected chi connectivity index (χ2v) is 5.95. The molecule has 106 valence electrons. The molecular formula is C11H11Br3N6. The third-order valence-electron chi connectivity index (χ3n) is 1.90. The molecule has 0 aromatic carbocycles. The lowest BCUT2D eigenvalue weighted by atomic mass is 10.2. The molecular weight excluding hydrogens is 456 g/mol. The van der Waals surface area contributed by atoms with Gasteiger partial charge >= 0.3 is 0 Å². The molecule has 0 aliphatic rings. The SMILES string of the molecule is C=C(C)c1nc(Br)cnc1N.Nc1ncc(Br)nc1Br. The molecule has 0 saturated carbocycles. The topological polar surface area (TPSA) is 104 Å². The number of aromatic nitrogens is 4. The highest BCUT2D eigenvalue weighted by molar-refractivity contribution is 9.11. The van der Waals surface area contributed by atoms with Crippen molar-refractivity contribution in [3.8, 4) is 0 Å². The summed E-state index contributed by atoms with van der Waals surface area (Å²) in [5.41, 5.74) is 12.4. The Morgan fingerprint density at radius 1 is 1.00 bits per heavy atom. The smallest absolute Gasteiger partial charge is 0.156 e. The van der Waals surface area contributed by atoms with Crippen LogP contribution in [0.15, 0.2) is 32.8 Å². The van der Waals surface area contributed by atoms with E-state index in [0.29, 0.717) is 31.1 Å². The van der Waals surface area contributed by atoms with Crippen molar-refractivity contribution in [1.82, 2.24) is 19.9 Å². The number of nitrogens with two attached hydrogens (primary N) is 2. The van der Waals surface area contributed by atoms with E-state index in [2.05, 4.69) is 74.3 Å². The molecule has 0 bridgehead atoms. The highest BCUT2D eigenvalue weighted by Gasteiger charge is 2.02. The number of nitrogens with zero attached hydrogens (tertiary/aromatic N) is 4. The van der Waals surface area contributed by atoms with Gasteiger partial charge in [-0.15, -0.1) is 0 Å². The molecule has 6 nitrogen and oxygen atoms in total. The van der Waals surface area contributed by atoms with Crippen molar-refractivity contribution < 1.29 is 0 Å². The summed E-state index contributed by atoms with van der Waals surface area (Å²) in [6.45, 7) is 5.56. The molecule has 0 amide bonds. The molecule has 0 fully saturated rings. The van der Waals surface area contributed by atoms with E-state index in [1.54, 1.807) is 12.4 Å². The molecule has 20 heavy (non-hydrogen) atoms. The van der Waals surface area contributed by atoms with Crippen molar-refractivity contribution in [2.24, 2.45) is 0 Å². The van der Waals surface area contributed by atoms with Crippen LogP contribution in [0, 0.1) is 0 Å². The number of hydrogen-bond acceptors (Lipinski definition) is 6. The largest absolute Gasteiger partial charge is 0.382 e. The van der Waals surface area contributed by atoms with Gasteiger partial charge in [-0.3, -0.25) is 0 Å². The Morgan fingerprint density at radius 2 is 1.50 bits per heavy atom. The highest BCUT2D eigenvalue weighted by atomic mass is 79.9. The molecule has 0 spiro atoms. The van der Waals surface area contributed by atoms with E-state index in [1.807, 2.05) is 6.92 Å². The Hall–Kier alpha value is -1.06. The lowest BCUT2D eigenvalue weighted by Crippen LogP contribution is -1.98. The molecule has 2 aromatic rings. The maximum absolute atomic E-state index is 5.54. The Kier molecular flexibility index (Phi) is 6.50. The summed E-state index contributed by atoms with van der Waals surface area (Å²) in [5, 5.41) is 0. The number of hydrogen-bond donors (Lipinski definition) is 2. The Bertz CT molecular complexity index is 632. The van der Waals surface area contributed by atoms with Gasteiger partial charge < -0.3 is 11.5 Å². The molecule has 0 unspecified atom stereocenters. The van der Waals surface area contributed by atoms with Gasteiger partial charge in [0, 0.05) is 0 Å². The summed E-state index contributed by atoms with van der Waals surface area (Å²) in [7, 11) is 0. The van der Waals surface area contributed by atoms with Gasteiger partial charge in [0.25, 0.3) is 0 Å². The van der Waals surface area contributed by atoms with E-state index in [4.69, 9.17) is 11.5 Å². The van der Waals surface area contributed by atoms with Gasteiger partial charge in [-0.05, 0) is 60.3 Å². The first-order valence-corrected chi connectivity index (χ1v) is 7.56. The van der Waals surface area contributed by atoms with Crippen molar-refractivity contribution >= 4 is 65.0 Å². The van der Waals surface area contributed by atoms with Gasteiger partial charge in [0.2, 0.25) is 0 Å². The van der Waals surface area contributed by atoms with Crippen LogP contribution in [-0.2, 0) is 0 Å². The second-order valence-electron chi connectivity index (χ2n) is 3.58. The molecule has 4 N–H and O–H groups in total. The highest BCUT2D eigenvalue weighted by Crippen LogP contribution is 2.17. The van der Waals surface area contributed by atoms with Crippen LogP contribution in [0.5, 0.6) is 0 Å². The number of rotatable bonds is 1. The monoisotopic (exact) mass is 464 g/mol. The van der Waals surface area contributed by atoms with Crippen molar-refractivity contribution in [1.29, 1.82) is 0 Å². The van der Waals surface area contributed by atoms with E-state index in [-0.39, 0.29) is 0 Å². The molecule has 0 aliphatic heterocycles. The van der Waals surface area contributed by atoms with Gasteiger partial charge in [-0.1, -0.05) is 6.58 Å². The van der Waals surface area contributed by atoms with Crippen molar-refractivity contribution in [3.05, 3.63) is 38.5 Å². The summed E-state index contributed by atoms with van der Waals surface area (Å²) in [6, 6.07) is 0. The van der Waals surface area contributed by atoms with E-state index >= 15 is 0 Å². The number of allylic oxidation sites excluding steroid dienone is 1. The van der Waals surface area contributed by atoms with Crippen LogP contribution >= 0.6 is 47.8 Å². The van der Waals surface area contributed by atoms with Crippen molar-refractivity contribution in [3.63, 3.8) is 0 Å². The zero-order valence-corrected chi connectivity index (χ0v) is 15.2. The first-order valence-electron chi connectivity index (χ1n) is 5.18. The van der Waals surface area contributed by atoms with Gasteiger partial charge in [0.15, 0.2) is 5.82 Å². The fourth-order valence-corrected chi connectivity index (χ4v) is 2.14. The molecule has 2 aromatic heterocycles. The number of halogens is 3. The van der Waals surface area contributed by atoms with E-state index in [0.717, 1.165) is 5.57 Å². The minimum absolute atomic E-state index is 0.401. The van der Waals surface area contributed by atoms with Gasteiger partial charge in [-0.2, -0.15) is 0 Å². The summed E-state index contributed by atoms with van der Waals surface area (Å²) in [4.78, 5) is 15.7. The summed E-state index contributed by atoms with van der Waals surface area (Å²) < 4.78 is 1.91. The van der Waals surface area contributed by atoms with Crippen LogP contribution in [0.1, 0.15) is 12.6 Å². The predicted molar refractivity (Wildman–Crippen MR) is 90.7 cm³/mol. The van der Waals surface area contributed by atoms with E-state index in [9.17, 15) is 0 Å². The van der Waals surface area contributed by atoms with Gasteiger partial charge in [0.1, 0.15) is 25.3 Å². The predicted octanol–water partition coefficient (Wildman–Crippen LogP) is 3.44. The first-order chi connectivity index (χ1) is 9.31. The van der Waals surface area contributed by atoms with Crippen LogP contribution in [-0.4, -0.2) is 19.9 Å². The summed E-state index contributed by atoms with van der Waals surface area (Å²) >= 11 is 9.45. The maximum Gasteiger partial charge on any atom is 0.156 e. The van der Waals surface area contributed by atoms with E-state index < -0.39 is 0 Å². The first kappa shape index (κ1) is 17.0. The summed E-state index contributed by atoms with van der Waals surface area (Å²) in [6.07, 6.45) is 3.10. The lowest BCUT2D eigenvalue weighted by molar-refractivity contribution is 1.14. The third-order valence-corrected chi connectivity index (χ3v) is 3.25.